The molecule has 10 nitrogen and oxygen atoms in total. The van der Waals surface area contributed by atoms with Crippen LogP contribution in [-0.2, 0) is 4.79 Å². The van der Waals surface area contributed by atoms with Crippen LogP contribution in [0.4, 0.5) is 11.5 Å². The Morgan fingerprint density at radius 3 is 2.85 bits per heavy atom. The molecule has 0 aromatic carbocycles. The van der Waals surface area contributed by atoms with Gasteiger partial charge in [0.15, 0.2) is 17.2 Å². The van der Waals surface area contributed by atoms with Crippen molar-refractivity contribution >= 4 is 40.9 Å². The van der Waals surface area contributed by atoms with Crippen LogP contribution in [0, 0.1) is 0 Å². The number of fused-ring (bicyclic) bond motifs is 1. The number of aromatic nitrogens is 3. The summed E-state index contributed by atoms with van der Waals surface area (Å²) in [5.74, 6) is 0.146. The first-order valence-corrected chi connectivity index (χ1v) is 9.46. The molecular formula is C16H20N8O2S. The van der Waals surface area contributed by atoms with E-state index in [1.54, 1.807) is 20.2 Å². The molecule has 2 aliphatic rings. The van der Waals surface area contributed by atoms with Gasteiger partial charge in [0.1, 0.15) is 6.04 Å². The molecule has 1 atom stereocenters. The summed E-state index contributed by atoms with van der Waals surface area (Å²) in [4.78, 5) is 28.8. The fraction of sp³-hybridized carbons (Fsp3) is 0.375. The number of rotatable bonds is 6. The highest BCUT2D eigenvalue weighted by Crippen LogP contribution is 2.25. The van der Waals surface area contributed by atoms with Crippen molar-refractivity contribution in [2.45, 2.75) is 24.9 Å². The van der Waals surface area contributed by atoms with Gasteiger partial charge in [0.2, 0.25) is 5.91 Å². The van der Waals surface area contributed by atoms with Gasteiger partial charge in [-0.2, -0.15) is 0 Å². The number of carbonyl (C=O) groups excluding carboxylic acids is 2. The third-order valence-electron chi connectivity index (χ3n) is 4.35. The van der Waals surface area contributed by atoms with Crippen molar-refractivity contribution in [3.05, 3.63) is 29.1 Å². The molecule has 0 bridgehead atoms. The maximum atomic E-state index is 12.5. The normalized spacial score (nSPS) is 18.9. The first kappa shape index (κ1) is 17.6. The number of imidazole rings is 1. The van der Waals surface area contributed by atoms with Crippen molar-refractivity contribution in [1.29, 1.82) is 0 Å². The standard InChI is InChI=1S/C16H20N8O2S/c1-17-9-5-12(21-10-7-27-23-13(10)16(26)18-2)22-24-11(6-19-14(9)24)15(25)20-8-3-4-8/h5-8,13,17,23H,3-4H2,1-2H3,(H,18,26)(H,20,25)(H,21,22). The topological polar surface area (TPSA) is 124 Å². The summed E-state index contributed by atoms with van der Waals surface area (Å²) >= 11 is 1.33. The summed E-state index contributed by atoms with van der Waals surface area (Å²) in [6, 6.07) is 1.53. The number of nitrogens with one attached hydrogen (secondary N) is 5. The Labute approximate surface area is 159 Å². The molecular weight excluding hydrogens is 368 g/mol. The van der Waals surface area contributed by atoms with Gasteiger partial charge in [-0.05, 0) is 12.8 Å². The first-order chi connectivity index (χ1) is 13.1. The van der Waals surface area contributed by atoms with Crippen LogP contribution in [0.25, 0.3) is 5.65 Å². The van der Waals surface area contributed by atoms with Gasteiger partial charge >= 0.3 is 0 Å². The van der Waals surface area contributed by atoms with Crippen LogP contribution in [0.15, 0.2) is 23.4 Å². The largest absolute Gasteiger partial charge is 0.385 e. The van der Waals surface area contributed by atoms with Gasteiger partial charge < -0.3 is 21.3 Å². The maximum Gasteiger partial charge on any atom is 0.271 e. The summed E-state index contributed by atoms with van der Waals surface area (Å²) in [5, 5.41) is 18.1. The molecule has 3 heterocycles. The van der Waals surface area contributed by atoms with Crippen LogP contribution < -0.4 is 26.0 Å². The molecule has 0 saturated heterocycles. The van der Waals surface area contributed by atoms with Crippen molar-refractivity contribution in [3.63, 3.8) is 0 Å². The quantitative estimate of drug-likeness (QED) is 0.447. The van der Waals surface area contributed by atoms with Gasteiger partial charge in [-0.25, -0.2) is 14.2 Å². The van der Waals surface area contributed by atoms with Crippen molar-refractivity contribution in [1.82, 2.24) is 30.0 Å². The Morgan fingerprint density at radius 2 is 2.15 bits per heavy atom. The second kappa shape index (κ2) is 7.08. The van der Waals surface area contributed by atoms with E-state index in [-0.39, 0.29) is 17.9 Å². The minimum Gasteiger partial charge on any atom is -0.385 e. The lowest BCUT2D eigenvalue weighted by Crippen LogP contribution is -2.40. The Kier molecular flexibility index (Phi) is 4.62. The Morgan fingerprint density at radius 1 is 1.33 bits per heavy atom. The van der Waals surface area contributed by atoms with Crippen LogP contribution >= 0.6 is 11.9 Å². The highest BCUT2D eigenvalue weighted by molar-refractivity contribution is 8.00. The number of hydrogen-bond donors (Lipinski definition) is 5. The van der Waals surface area contributed by atoms with E-state index in [0.717, 1.165) is 12.8 Å². The minimum absolute atomic E-state index is 0.152. The zero-order valence-electron chi connectivity index (χ0n) is 14.9. The van der Waals surface area contributed by atoms with Crippen LogP contribution in [-0.4, -0.2) is 52.6 Å². The molecule has 0 radical (unpaired) electrons. The number of anilines is 2. The number of carbonyl (C=O) groups is 2. The third-order valence-corrected chi connectivity index (χ3v) is 5.09. The lowest BCUT2D eigenvalue weighted by atomic mass is 10.2. The Hall–Kier alpha value is -2.79. The lowest BCUT2D eigenvalue weighted by Gasteiger charge is -2.15. The fourth-order valence-electron chi connectivity index (χ4n) is 2.74. The van der Waals surface area contributed by atoms with Crippen LogP contribution in [0.2, 0.25) is 0 Å². The van der Waals surface area contributed by atoms with Gasteiger partial charge in [0, 0.05) is 31.6 Å². The van der Waals surface area contributed by atoms with Gasteiger partial charge in [0.05, 0.1) is 17.6 Å². The van der Waals surface area contributed by atoms with Crippen molar-refractivity contribution in [2.75, 3.05) is 24.7 Å². The molecule has 0 spiro atoms. The third kappa shape index (κ3) is 3.43. The summed E-state index contributed by atoms with van der Waals surface area (Å²) in [7, 11) is 3.36. The zero-order valence-corrected chi connectivity index (χ0v) is 15.7. The smallest absolute Gasteiger partial charge is 0.271 e. The van der Waals surface area contributed by atoms with Gasteiger partial charge in [-0.1, -0.05) is 11.9 Å². The van der Waals surface area contributed by atoms with E-state index < -0.39 is 6.04 Å². The van der Waals surface area contributed by atoms with E-state index in [4.69, 9.17) is 0 Å². The molecule has 2 aromatic heterocycles. The van der Waals surface area contributed by atoms with E-state index >= 15 is 0 Å². The Bertz CT molecular complexity index is 936. The molecule has 2 amide bonds. The SMILES string of the molecule is CNC(=O)C1NSC=C1Nc1cc(NC)c2ncc(C(=O)NC3CC3)n2n1. The average molecular weight is 388 g/mol. The Balaban J connectivity index is 1.66. The molecule has 1 saturated carbocycles. The van der Waals surface area contributed by atoms with Crippen molar-refractivity contribution in [3.8, 4) is 0 Å². The summed E-state index contributed by atoms with van der Waals surface area (Å²) in [6.45, 7) is 0. The predicted octanol–water partition coefficient (Wildman–Crippen LogP) is 0.282. The molecule has 4 rings (SSSR count). The number of amides is 2. The first-order valence-electron chi connectivity index (χ1n) is 8.58. The van der Waals surface area contributed by atoms with Crippen molar-refractivity contribution in [2.24, 2.45) is 0 Å². The molecule has 5 N–H and O–H groups in total. The molecule has 1 aliphatic carbocycles. The van der Waals surface area contributed by atoms with Crippen molar-refractivity contribution < 1.29 is 9.59 Å². The van der Waals surface area contributed by atoms with Gasteiger partial charge in [-0.15, -0.1) is 5.10 Å². The van der Waals surface area contributed by atoms with E-state index in [9.17, 15) is 9.59 Å². The van der Waals surface area contributed by atoms with Crippen LogP contribution in [0.3, 0.4) is 0 Å². The van der Waals surface area contributed by atoms with Gasteiger partial charge in [-0.3, -0.25) is 9.59 Å². The zero-order chi connectivity index (χ0) is 19.0. The molecule has 27 heavy (non-hydrogen) atoms. The van der Waals surface area contributed by atoms with Crippen LogP contribution in [0.5, 0.6) is 0 Å². The highest BCUT2D eigenvalue weighted by atomic mass is 32.2. The number of nitrogens with zero attached hydrogens (tertiary/aromatic N) is 3. The average Bonchev–Trinajstić information content (AvgIpc) is 3.19. The second-order valence-corrected chi connectivity index (χ2v) is 7.01. The molecule has 11 heteroatoms. The maximum absolute atomic E-state index is 12.5. The predicted molar refractivity (Wildman–Crippen MR) is 103 cm³/mol. The van der Waals surface area contributed by atoms with E-state index in [2.05, 4.69) is 36.1 Å². The summed E-state index contributed by atoms with van der Waals surface area (Å²) in [6.07, 6.45) is 3.53. The number of likely N-dealkylation sites (N-methyl/N-ethyl adjacent to an activating group) is 1. The molecule has 1 aliphatic heterocycles. The second-order valence-electron chi connectivity index (χ2n) is 6.30. The fourth-order valence-corrected chi connectivity index (χ4v) is 3.50. The summed E-state index contributed by atoms with van der Waals surface area (Å²) < 4.78 is 4.53. The lowest BCUT2D eigenvalue weighted by molar-refractivity contribution is -0.121. The summed E-state index contributed by atoms with van der Waals surface area (Å²) in [5.41, 5.74) is 2.32. The van der Waals surface area contributed by atoms with Crippen LogP contribution in [0.1, 0.15) is 23.3 Å². The number of hydrogen-bond acceptors (Lipinski definition) is 8. The minimum atomic E-state index is -0.504. The molecule has 1 unspecified atom stereocenters. The molecule has 2 aromatic rings. The van der Waals surface area contributed by atoms with E-state index in [0.29, 0.717) is 28.5 Å². The monoisotopic (exact) mass is 388 g/mol. The highest BCUT2D eigenvalue weighted by Gasteiger charge is 2.28. The molecule has 1 fully saturated rings. The van der Waals surface area contributed by atoms with Gasteiger partial charge in [0.25, 0.3) is 5.91 Å². The molecule has 142 valence electrons. The van der Waals surface area contributed by atoms with E-state index in [1.165, 1.54) is 22.7 Å². The van der Waals surface area contributed by atoms with E-state index in [1.807, 2.05) is 5.41 Å².